The van der Waals surface area contributed by atoms with Gasteiger partial charge in [0.15, 0.2) is 0 Å². The Bertz CT molecular complexity index is 1040. The molecule has 1 heterocycles. The van der Waals surface area contributed by atoms with E-state index >= 15 is 0 Å². The van der Waals surface area contributed by atoms with Crippen LogP contribution < -0.4 is 0 Å². The maximum Gasteiger partial charge on any atom is 0.306 e. The number of carbonyl (C=O) groups excluding carboxylic acids is 2. The van der Waals surface area contributed by atoms with E-state index in [0.29, 0.717) is 5.41 Å². The zero-order valence-electron chi connectivity index (χ0n) is 30.1. The van der Waals surface area contributed by atoms with Crippen LogP contribution in [0.3, 0.4) is 0 Å². The largest absolute Gasteiger partial charge is 0.462 e. The summed E-state index contributed by atoms with van der Waals surface area (Å²) in [5.74, 6) is 4.92. The molecule has 0 aromatic heterocycles. The van der Waals surface area contributed by atoms with Crippen molar-refractivity contribution in [1.29, 1.82) is 0 Å². The SMILES string of the molecule is CC(C)CCCC(C)[C@H]1CC[C@H]2[C@@H]3CC=C4C[C@@H](OC(=O)CCC(=O)N5CCN(C)CCN(C)CC5)CC[C@]4(C)[C@H]3CC[C@]12C. The number of hydrogen-bond acceptors (Lipinski definition) is 5. The van der Waals surface area contributed by atoms with Crippen LogP contribution in [0.15, 0.2) is 11.6 Å². The molecule has 1 unspecified atom stereocenters. The molecule has 4 fully saturated rings. The summed E-state index contributed by atoms with van der Waals surface area (Å²) in [6.07, 6.45) is 17.0. The number of fused-ring (bicyclic) bond motifs is 5. The fraction of sp³-hybridized carbons (Fsp3) is 0.897. The maximum absolute atomic E-state index is 13.1. The lowest BCUT2D eigenvalue weighted by Crippen LogP contribution is -2.51. The zero-order valence-corrected chi connectivity index (χ0v) is 30.1. The van der Waals surface area contributed by atoms with Gasteiger partial charge in [-0.3, -0.25) is 9.59 Å². The van der Waals surface area contributed by atoms with Crippen LogP contribution >= 0.6 is 0 Å². The Kier molecular flexibility index (Phi) is 11.5. The van der Waals surface area contributed by atoms with Crippen molar-refractivity contribution in [2.45, 2.75) is 124 Å². The van der Waals surface area contributed by atoms with E-state index in [0.717, 1.165) is 94.0 Å². The number of amides is 1. The fourth-order valence-corrected chi connectivity index (χ4v) is 10.9. The number of ether oxygens (including phenoxy) is 1. The summed E-state index contributed by atoms with van der Waals surface area (Å²) >= 11 is 0. The molecule has 0 N–H and O–H groups in total. The van der Waals surface area contributed by atoms with Crippen molar-refractivity contribution in [1.82, 2.24) is 14.7 Å². The molecule has 3 saturated carbocycles. The molecule has 6 nitrogen and oxygen atoms in total. The average molecular weight is 626 g/mol. The fourth-order valence-electron chi connectivity index (χ4n) is 10.9. The zero-order chi connectivity index (χ0) is 32.4. The average Bonchev–Trinajstić information content (AvgIpc) is 3.38. The lowest BCUT2D eigenvalue weighted by atomic mass is 9.47. The van der Waals surface area contributed by atoms with Gasteiger partial charge in [-0.25, -0.2) is 0 Å². The van der Waals surface area contributed by atoms with Crippen LogP contribution in [0, 0.1) is 46.3 Å². The summed E-state index contributed by atoms with van der Waals surface area (Å²) in [7, 11) is 4.23. The minimum Gasteiger partial charge on any atom is -0.462 e. The predicted molar refractivity (Wildman–Crippen MR) is 184 cm³/mol. The number of allylic oxidation sites excluding steroid dienone is 1. The normalized spacial score (nSPS) is 37.0. The Morgan fingerprint density at radius 1 is 0.867 bits per heavy atom. The number of nitrogens with zero attached hydrogens (tertiary/aromatic N) is 3. The molecule has 5 rings (SSSR count). The molecular formula is C39H67N3O3. The molecule has 6 heteroatoms. The second kappa shape index (κ2) is 14.8. The Labute approximate surface area is 276 Å². The molecule has 1 amide bonds. The predicted octanol–water partition coefficient (Wildman–Crippen LogP) is 7.43. The van der Waals surface area contributed by atoms with Crippen molar-refractivity contribution in [3.05, 3.63) is 11.6 Å². The molecule has 8 atom stereocenters. The first-order chi connectivity index (χ1) is 21.4. The van der Waals surface area contributed by atoms with E-state index in [1.807, 2.05) is 4.90 Å². The minimum absolute atomic E-state index is 0.0348. The topological polar surface area (TPSA) is 53.1 Å². The molecule has 0 spiro atoms. The van der Waals surface area contributed by atoms with Crippen molar-refractivity contribution in [2.75, 3.05) is 53.4 Å². The van der Waals surface area contributed by atoms with E-state index in [-0.39, 0.29) is 36.2 Å². The molecule has 4 aliphatic carbocycles. The van der Waals surface area contributed by atoms with Gasteiger partial charge in [-0.05, 0) is 105 Å². The van der Waals surface area contributed by atoms with Gasteiger partial charge in [0.2, 0.25) is 5.91 Å². The summed E-state index contributed by atoms with van der Waals surface area (Å²) in [5, 5.41) is 0. The molecule has 0 aromatic rings. The highest BCUT2D eigenvalue weighted by Crippen LogP contribution is 2.67. The van der Waals surface area contributed by atoms with Gasteiger partial charge in [-0.1, -0.05) is 65.5 Å². The smallest absolute Gasteiger partial charge is 0.306 e. The molecular weight excluding hydrogens is 558 g/mol. The van der Waals surface area contributed by atoms with E-state index < -0.39 is 0 Å². The van der Waals surface area contributed by atoms with E-state index in [2.05, 4.69) is 64.6 Å². The van der Waals surface area contributed by atoms with Gasteiger partial charge in [0.1, 0.15) is 6.10 Å². The second-order valence-electron chi connectivity index (χ2n) is 17.1. The van der Waals surface area contributed by atoms with E-state index in [4.69, 9.17) is 4.74 Å². The maximum atomic E-state index is 13.1. The minimum atomic E-state index is -0.197. The Morgan fingerprint density at radius 2 is 1.56 bits per heavy atom. The summed E-state index contributed by atoms with van der Waals surface area (Å²) in [6.45, 7) is 17.8. The van der Waals surface area contributed by atoms with Gasteiger partial charge in [0.25, 0.3) is 0 Å². The Hall–Kier alpha value is -1.40. The summed E-state index contributed by atoms with van der Waals surface area (Å²) in [6, 6.07) is 0. The highest BCUT2D eigenvalue weighted by Gasteiger charge is 2.59. The van der Waals surface area contributed by atoms with Crippen molar-refractivity contribution >= 4 is 11.9 Å². The lowest BCUT2D eigenvalue weighted by Gasteiger charge is -2.58. The first-order valence-electron chi connectivity index (χ1n) is 18.9. The van der Waals surface area contributed by atoms with Crippen molar-refractivity contribution < 1.29 is 14.3 Å². The first-order valence-corrected chi connectivity index (χ1v) is 18.9. The third-order valence-electron chi connectivity index (χ3n) is 13.8. The first kappa shape index (κ1) is 34.9. The summed E-state index contributed by atoms with van der Waals surface area (Å²) < 4.78 is 6.06. The molecule has 5 aliphatic rings. The molecule has 45 heavy (non-hydrogen) atoms. The monoisotopic (exact) mass is 626 g/mol. The lowest BCUT2D eigenvalue weighted by molar-refractivity contribution is -0.153. The molecule has 0 radical (unpaired) electrons. The molecule has 0 bridgehead atoms. The van der Waals surface area contributed by atoms with Gasteiger partial charge in [-0.2, -0.15) is 0 Å². The van der Waals surface area contributed by atoms with Gasteiger partial charge in [0.05, 0.1) is 6.42 Å². The second-order valence-corrected chi connectivity index (χ2v) is 17.1. The molecule has 0 aromatic carbocycles. The quantitative estimate of drug-likeness (QED) is 0.197. The van der Waals surface area contributed by atoms with E-state index in [1.165, 1.54) is 51.4 Å². The van der Waals surface area contributed by atoms with E-state index in [9.17, 15) is 9.59 Å². The third-order valence-corrected chi connectivity index (χ3v) is 13.8. The molecule has 256 valence electrons. The van der Waals surface area contributed by atoms with Crippen molar-refractivity contribution in [3.8, 4) is 0 Å². The van der Waals surface area contributed by atoms with Crippen LogP contribution in [0.5, 0.6) is 0 Å². The van der Waals surface area contributed by atoms with Crippen LogP contribution in [0.1, 0.15) is 118 Å². The standard InChI is InChI=1S/C39H67N3O3/c1-28(2)9-8-10-29(3)33-13-14-34-32-12-11-30-27-31(17-19-38(30,4)35(32)18-20-39(33,34)5)45-37(44)16-15-36(43)42-25-23-40(6)21-22-41(7)24-26-42/h11,28-29,31-35H,8-10,12-27H2,1-7H3/t29?,31-,32-,33+,34-,35-,38-,39+/m0/s1. The van der Waals surface area contributed by atoms with Crippen LogP contribution in [0.2, 0.25) is 0 Å². The van der Waals surface area contributed by atoms with Crippen LogP contribution in [0.4, 0.5) is 0 Å². The van der Waals surface area contributed by atoms with E-state index in [1.54, 1.807) is 5.57 Å². The van der Waals surface area contributed by atoms with Gasteiger partial charge in [-0.15, -0.1) is 0 Å². The molecule has 1 aliphatic heterocycles. The highest BCUT2D eigenvalue weighted by molar-refractivity contribution is 5.81. The van der Waals surface area contributed by atoms with Crippen LogP contribution in [0.25, 0.3) is 0 Å². The number of rotatable bonds is 9. The molecule has 1 saturated heterocycles. The Balaban J connectivity index is 1.13. The number of esters is 1. The van der Waals surface area contributed by atoms with Crippen molar-refractivity contribution in [2.24, 2.45) is 46.3 Å². The third kappa shape index (κ3) is 7.85. The Morgan fingerprint density at radius 3 is 2.24 bits per heavy atom. The van der Waals surface area contributed by atoms with Gasteiger partial charge < -0.3 is 19.4 Å². The van der Waals surface area contributed by atoms with Gasteiger partial charge >= 0.3 is 5.97 Å². The highest BCUT2D eigenvalue weighted by atomic mass is 16.5. The van der Waals surface area contributed by atoms with Gasteiger partial charge in [0, 0.05) is 52.1 Å². The number of carbonyl (C=O) groups is 2. The number of likely N-dealkylation sites (N-methyl/N-ethyl adjacent to an activating group) is 2. The van der Waals surface area contributed by atoms with Crippen LogP contribution in [-0.4, -0.2) is 86.0 Å². The van der Waals surface area contributed by atoms with Crippen LogP contribution in [-0.2, 0) is 14.3 Å². The van der Waals surface area contributed by atoms with Crippen molar-refractivity contribution in [3.63, 3.8) is 0 Å². The summed E-state index contributed by atoms with van der Waals surface area (Å²) in [5.41, 5.74) is 2.34. The summed E-state index contributed by atoms with van der Waals surface area (Å²) in [4.78, 5) is 32.5. The number of hydrogen-bond donors (Lipinski definition) is 0.